The van der Waals surface area contributed by atoms with E-state index in [1.165, 1.54) is 0 Å². The van der Waals surface area contributed by atoms with Crippen molar-refractivity contribution in [3.05, 3.63) is 84.2 Å². The number of ether oxygens (including phenoxy) is 1. The summed E-state index contributed by atoms with van der Waals surface area (Å²) in [4.78, 5) is 33.6. The standard InChI is InChI=1S/C29H32N6O3/c1-20(2)21-11-13-23(14-12-21)35(27(36)19-34-26-10-4-3-9-25(26)32-33-34)28(22-7-5-15-30-17-22)29(37)31-18-24-8-6-16-38-24/h3-5,7,9-15,17,20,24,28H,6,8,16,18-19H2,1-2H3,(H,31,37)/t24-,28-/m1/s1. The van der Waals surface area contributed by atoms with Crippen molar-refractivity contribution < 1.29 is 14.3 Å². The fourth-order valence-corrected chi connectivity index (χ4v) is 4.77. The molecule has 196 valence electrons. The van der Waals surface area contributed by atoms with Gasteiger partial charge < -0.3 is 10.1 Å². The van der Waals surface area contributed by atoms with Crippen LogP contribution in [-0.4, -0.2) is 51.0 Å². The molecule has 4 aromatic rings. The van der Waals surface area contributed by atoms with Crippen LogP contribution in [0.5, 0.6) is 0 Å². The lowest BCUT2D eigenvalue weighted by Gasteiger charge is -2.32. The van der Waals surface area contributed by atoms with Gasteiger partial charge in [0, 0.05) is 36.8 Å². The average Bonchev–Trinajstić information content (AvgIpc) is 3.61. The van der Waals surface area contributed by atoms with Crippen LogP contribution in [0.15, 0.2) is 73.1 Å². The molecule has 0 unspecified atom stereocenters. The van der Waals surface area contributed by atoms with Crippen molar-refractivity contribution in [2.24, 2.45) is 0 Å². The number of rotatable bonds is 9. The van der Waals surface area contributed by atoms with E-state index in [2.05, 4.69) is 34.5 Å². The van der Waals surface area contributed by atoms with Gasteiger partial charge >= 0.3 is 0 Å². The SMILES string of the molecule is CC(C)c1ccc(N(C(=O)Cn2nnc3ccccc32)[C@@H](C(=O)NC[C@H]2CCCO2)c2cccnc2)cc1. The van der Waals surface area contributed by atoms with Gasteiger partial charge in [-0.25, -0.2) is 4.68 Å². The molecule has 5 rings (SSSR count). The second kappa shape index (κ2) is 11.5. The van der Waals surface area contributed by atoms with Crippen LogP contribution in [0.25, 0.3) is 11.0 Å². The lowest BCUT2D eigenvalue weighted by Crippen LogP contribution is -2.46. The van der Waals surface area contributed by atoms with Crippen molar-refractivity contribution in [2.75, 3.05) is 18.1 Å². The van der Waals surface area contributed by atoms with Gasteiger partial charge in [0.2, 0.25) is 11.8 Å². The van der Waals surface area contributed by atoms with E-state index in [0.29, 0.717) is 35.8 Å². The number of nitrogens with zero attached hydrogens (tertiary/aromatic N) is 5. The summed E-state index contributed by atoms with van der Waals surface area (Å²) in [5.41, 5.74) is 3.82. The van der Waals surface area contributed by atoms with E-state index in [4.69, 9.17) is 4.74 Å². The lowest BCUT2D eigenvalue weighted by atomic mass is 10.0. The van der Waals surface area contributed by atoms with Gasteiger partial charge in [-0.1, -0.05) is 49.4 Å². The number of fused-ring (bicyclic) bond motifs is 1. The first-order valence-corrected chi connectivity index (χ1v) is 13.0. The summed E-state index contributed by atoms with van der Waals surface area (Å²) in [6.07, 6.45) is 5.13. The van der Waals surface area contributed by atoms with E-state index in [-0.39, 0.29) is 24.5 Å². The molecule has 38 heavy (non-hydrogen) atoms. The zero-order valence-electron chi connectivity index (χ0n) is 21.7. The molecule has 0 bridgehead atoms. The number of hydrogen-bond acceptors (Lipinski definition) is 6. The van der Waals surface area contributed by atoms with E-state index >= 15 is 0 Å². The molecule has 9 heteroatoms. The molecule has 0 radical (unpaired) electrons. The van der Waals surface area contributed by atoms with Gasteiger partial charge in [-0.3, -0.25) is 19.5 Å². The van der Waals surface area contributed by atoms with Gasteiger partial charge in [-0.15, -0.1) is 5.10 Å². The highest BCUT2D eigenvalue weighted by Crippen LogP contribution is 2.30. The third kappa shape index (κ3) is 5.57. The molecule has 0 saturated carbocycles. The van der Waals surface area contributed by atoms with Crippen LogP contribution in [0.4, 0.5) is 5.69 Å². The van der Waals surface area contributed by atoms with Crippen molar-refractivity contribution in [2.45, 2.75) is 51.3 Å². The van der Waals surface area contributed by atoms with Crippen LogP contribution in [0.3, 0.4) is 0 Å². The predicted octanol–water partition coefficient (Wildman–Crippen LogP) is 4.02. The van der Waals surface area contributed by atoms with E-state index in [9.17, 15) is 9.59 Å². The third-order valence-corrected chi connectivity index (χ3v) is 6.85. The number of carbonyl (C=O) groups is 2. The smallest absolute Gasteiger partial charge is 0.249 e. The number of benzene rings is 2. The Kier molecular flexibility index (Phi) is 7.74. The van der Waals surface area contributed by atoms with Crippen molar-refractivity contribution >= 4 is 28.5 Å². The molecule has 1 N–H and O–H groups in total. The van der Waals surface area contributed by atoms with Crippen molar-refractivity contribution in [3.8, 4) is 0 Å². The van der Waals surface area contributed by atoms with Crippen LogP contribution >= 0.6 is 0 Å². The highest BCUT2D eigenvalue weighted by molar-refractivity contribution is 6.01. The molecular weight excluding hydrogens is 480 g/mol. The van der Waals surface area contributed by atoms with Crippen LogP contribution in [-0.2, 0) is 20.9 Å². The van der Waals surface area contributed by atoms with Crippen LogP contribution in [0.1, 0.15) is 49.8 Å². The first-order chi connectivity index (χ1) is 18.5. The maximum Gasteiger partial charge on any atom is 0.249 e. The van der Waals surface area contributed by atoms with Crippen molar-refractivity contribution in [3.63, 3.8) is 0 Å². The summed E-state index contributed by atoms with van der Waals surface area (Å²) in [6, 6.07) is 17.9. The highest BCUT2D eigenvalue weighted by atomic mass is 16.5. The summed E-state index contributed by atoms with van der Waals surface area (Å²) in [6.45, 7) is 5.24. The maximum atomic E-state index is 14.1. The molecule has 0 spiro atoms. The van der Waals surface area contributed by atoms with Crippen LogP contribution in [0, 0.1) is 0 Å². The Hall–Kier alpha value is -4.11. The molecule has 1 aliphatic heterocycles. The van der Waals surface area contributed by atoms with Crippen LogP contribution < -0.4 is 10.2 Å². The molecular formula is C29H32N6O3. The van der Waals surface area contributed by atoms with Gasteiger partial charge in [0.05, 0.1) is 11.6 Å². The minimum absolute atomic E-state index is 0.0236. The molecule has 2 atom stereocenters. The number of anilines is 1. The van der Waals surface area contributed by atoms with Crippen molar-refractivity contribution in [1.29, 1.82) is 0 Å². The topological polar surface area (TPSA) is 102 Å². The Bertz CT molecular complexity index is 1380. The highest BCUT2D eigenvalue weighted by Gasteiger charge is 2.34. The molecule has 2 aromatic carbocycles. The zero-order chi connectivity index (χ0) is 26.5. The second-order valence-electron chi connectivity index (χ2n) is 9.81. The summed E-state index contributed by atoms with van der Waals surface area (Å²) in [5.74, 6) is -0.254. The van der Waals surface area contributed by atoms with Gasteiger partial charge in [-0.2, -0.15) is 0 Å². The normalized spacial score (nSPS) is 16.0. The Morgan fingerprint density at radius 2 is 1.89 bits per heavy atom. The minimum Gasteiger partial charge on any atom is -0.376 e. The second-order valence-corrected chi connectivity index (χ2v) is 9.81. The number of hydrogen-bond donors (Lipinski definition) is 1. The zero-order valence-corrected chi connectivity index (χ0v) is 21.7. The number of aromatic nitrogens is 4. The summed E-state index contributed by atoms with van der Waals surface area (Å²) < 4.78 is 7.27. The molecule has 1 fully saturated rings. The molecule has 3 heterocycles. The fraction of sp³-hybridized carbons (Fsp3) is 0.345. The monoisotopic (exact) mass is 512 g/mol. The number of carbonyl (C=O) groups excluding carboxylic acids is 2. The van der Waals surface area contributed by atoms with Gasteiger partial charge in [0.25, 0.3) is 0 Å². The molecule has 9 nitrogen and oxygen atoms in total. The Balaban J connectivity index is 1.52. The Morgan fingerprint density at radius 3 is 2.61 bits per heavy atom. The largest absolute Gasteiger partial charge is 0.376 e. The first-order valence-electron chi connectivity index (χ1n) is 13.0. The molecule has 1 aliphatic rings. The van der Waals surface area contributed by atoms with E-state index in [0.717, 1.165) is 23.9 Å². The average molecular weight is 513 g/mol. The first kappa shape index (κ1) is 25.5. The summed E-state index contributed by atoms with van der Waals surface area (Å²) in [7, 11) is 0. The molecule has 2 aromatic heterocycles. The Morgan fingerprint density at radius 1 is 1.08 bits per heavy atom. The minimum atomic E-state index is -0.933. The molecule has 2 amide bonds. The van der Waals surface area contributed by atoms with Crippen molar-refractivity contribution in [1.82, 2.24) is 25.3 Å². The van der Waals surface area contributed by atoms with Crippen LogP contribution in [0.2, 0.25) is 0 Å². The molecule has 1 saturated heterocycles. The lowest BCUT2D eigenvalue weighted by molar-refractivity contribution is -0.127. The summed E-state index contributed by atoms with van der Waals surface area (Å²) >= 11 is 0. The number of nitrogens with one attached hydrogen (secondary N) is 1. The number of amides is 2. The van der Waals surface area contributed by atoms with Gasteiger partial charge in [0.1, 0.15) is 18.1 Å². The van der Waals surface area contributed by atoms with E-state index in [1.807, 2.05) is 54.6 Å². The number of pyridine rings is 1. The Labute approximate surface area is 221 Å². The fourth-order valence-electron chi connectivity index (χ4n) is 4.77. The summed E-state index contributed by atoms with van der Waals surface area (Å²) in [5, 5.41) is 11.4. The quantitative estimate of drug-likeness (QED) is 0.363. The van der Waals surface area contributed by atoms with E-state index < -0.39 is 6.04 Å². The van der Waals surface area contributed by atoms with Gasteiger partial charge in [-0.05, 0) is 54.7 Å². The predicted molar refractivity (Wildman–Crippen MR) is 145 cm³/mol. The van der Waals surface area contributed by atoms with Gasteiger partial charge in [0.15, 0.2) is 0 Å². The third-order valence-electron chi connectivity index (χ3n) is 6.85. The van der Waals surface area contributed by atoms with E-state index in [1.54, 1.807) is 28.0 Å². The molecule has 0 aliphatic carbocycles. The number of para-hydroxylation sites is 1. The maximum absolute atomic E-state index is 14.1.